The van der Waals surface area contributed by atoms with Crippen LogP contribution in [0, 0.1) is 11.3 Å². The normalized spacial score (nSPS) is 19.6. The quantitative estimate of drug-likeness (QED) is 0.806. The first-order valence-corrected chi connectivity index (χ1v) is 7.47. The number of hydrogen-bond donors (Lipinski definition) is 1. The molecular weight excluding hydrogens is 268 g/mol. The van der Waals surface area contributed by atoms with Gasteiger partial charge in [0, 0.05) is 12.6 Å². The van der Waals surface area contributed by atoms with Crippen LogP contribution in [0.25, 0.3) is 0 Å². The molecule has 1 fully saturated rings. The maximum Gasteiger partial charge on any atom is 0.231 e. The molecule has 2 unspecified atom stereocenters. The summed E-state index contributed by atoms with van der Waals surface area (Å²) in [6.45, 7) is 0.469. The van der Waals surface area contributed by atoms with Gasteiger partial charge < -0.3 is 9.84 Å². The smallest absolute Gasteiger partial charge is 0.231 e. The first kappa shape index (κ1) is 13.8. The Morgan fingerprint density at radius 1 is 1.58 bits per heavy atom. The average molecular weight is 282 g/mol. The van der Waals surface area contributed by atoms with Crippen molar-refractivity contribution in [2.24, 2.45) is 0 Å². The minimum Gasteiger partial charge on any atom is -0.386 e. The van der Waals surface area contributed by atoms with Crippen molar-refractivity contribution in [2.45, 2.75) is 12.2 Å². The first-order valence-electron chi connectivity index (χ1n) is 5.62. The minimum atomic E-state index is -3.38. The predicted molar refractivity (Wildman–Crippen MR) is 69.1 cm³/mol. The maximum absolute atomic E-state index is 11.4. The van der Waals surface area contributed by atoms with E-state index in [-0.39, 0.29) is 11.7 Å². The van der Waals surface area contributed by atoms with Crippen LogP contribution in [-0.4, -0.2) is 39.5 Å². The molecule has 1 aliphatic heterocycles. The van der Waals surface area contributed by atoms with E-state index in [0.717, 1.165) is 10.6 Å². The number of benzene rings is 1. The number of ether oxygens (including phenoxy) is 1. The largest absolute Gasteiger partial charge is 0.386 e. The number of aliphatic hydroxyl groups excluding tert-OH is 1. The van der Waals surface area contributed by atoms with Crippen molar-refractivity contribution >= 4 is 15.7 Å². The molecule has 1 saturated heterocycles. The third-order valence-electron chi connectivity index (χ3n) is 3.05. The summed E-state index contributed by atoms with van der Waals surface area (Å²) >= 11 is 0. The lowest BCUT2D eigenvalue weighted by Gasteiger charge is -2.18. The Balaban J connectivity index is 2.39. The molecule has 0 spiro atoms. The molecule has 0 amide bonds. The summed E-state index contributed by atoms with van der Waals surface area (Å²) in [6.07, 6.45) is -0.0438. The molecule has 2 rings (SSSR count). The van der Waals surface area contributed by atoms with Gasteiger partial charge in [0.25, 0.3) is 0 Å². The van der Waals surface area contributed by atoms with Gasteiger partial charge in [-0.25, -0.2) is 8.42 Å². The average Bonchev–Trinajstić information content (AvgIpc) is 3.19. The van der Waals surface area contributed by atoms with Crippen LogP contribution in [0.5, 0.6) is 0 Å². The van der Waals surface area contributed by atoms with Gasteiger partial charge in [-0.3, -0.25) is 4.31 Å². The van der Waals surface area contributed by atoms with Gasteiger partial charge in [-0.1, -0.05) is 6.07 Å². The van der Waals surface area contributed by atoms with Gasteiger partial charge in [-0.2, -0.15) is 5.26 Å². The third kappa shape index (κ3) is 2.87. The van der Waals surface area contributed by atoms with E-state index in [1.807, 2.05) is 6.07 Å². The molecule has 2 atom stereocenters. The molecule has 1 aromatic rings. The number of sulfonamides is 1. The Bertz CT molecular complexity index is 632. The minimum absolute atomic E-state index is 0.246. The van der Waals surface area contributed by atoms with E-state index in [1.54, 1.807) is 12.1 Å². The molecule has 1 N–H and O–H groups in total. The zero-order valence-corrected chi connectivity index (χ0v) is 11.4. The standard InChI is InChI=1S/C12H14N2O4S/c1-14(19(2,16)17)9-3-4-10(8(5-9)6-13)12(15)11-7-18-11/h3-5,11-12,15H,7H2,1-2H3. The fraction of sp³-hybridized carbons (Fsp3) is 0.417. The van der Waals surface area contributed by atoms with Crippen LogP contribution in [0.4, 0.5) is 5.69 Å². The molecule has 19 heavy (non-hydrogen) atoms. The number of rotatable bonds is 4. The van der Waals surface area contributed by atoms with Crippen molar-refractivity contribution in [2.75, 3.05) is 24.2 Å². The molecule has 0 radical (unpaired) electrons. The number of nitriles is 1. The summed E-state index contributed by atoms with van der Waals surface area (Å²) in [5, 5.41) is 19.1. The number of hydrogen-bond acceptors (Lipinski definition) is 5. The van der Waals surface area contributed by atoms with Crippen LogP contribution in [0.2, 0.25) is 0 Å². The van der Waals surface area contributed by atoms with E-state index in [2.05, 4.69) is 0 Å². The van der Waals surface area contributed by atoms with E-state index >= 15 is 0 Å². The number of anilines is 1. The number of aliphatic hydroxyl groups is 1. The van der Waals surface area contributed by atoms with Gasteiger partial charge in [0.1, 0.15) is 12.2 Å². The van der Waals surface area contributed by atoms with Crippen LogP contribution in [0.3, 0.4) is 0 Å². The fourth-order valence-corrected chi connectivity index (χ4v) is 2.22. The lowest BCUT2D eigenvalue weighted by atomic mass is 10.0. The first-order chi connectivity index (χ1) is 8.84. The highest BCUT2D eigenvalue weighted by molar-refractivity contribution is 7.92. The van der Waals surface area contributed by atoms with Crippen molar-refractivity contribution < 1.29 is 18.3 Å². The topological polar surface area (TPSA) is 93.9 Å². The summed E-state index contributed by atoms with van der Waals surface area (Å²) in [7, 11) is -1.97. The molecule has 1 heterocycles. The van der Waals surface area contributed by atoms with E-state index in [0.29, 0.717) is 17.9 Å². The zero-order valence-electron chi connectivity index (χ0n) is 10.6. The summed E-state index contributed by atoms with van der Waals surface area (Å²) in [6, 6.07) is 6.53. The Morgan fingerprint density at radius 3 is 2.68 bits per heavy atom. The molecule has 0 aliphatic carbocycles. The van der Waals surface area contributed by atoms with Gasteiger partial charge in [0.2, 0.25) is 10.0 Å². The lowest BCUT2D eigenvalue weighted by molar-refractivity contribution is 0.136. The molecule has 102 valence electrons. The summed E-state index contributed by atoms with van der Waals surface area (Å²) in [5.41, 5.74) is 1.08. The third-order valence-corrected chi connectivity index (χ3v) is 4.25. The van der Waals surface area contributed by atoms with Gasteiger partial charge in [0.05, 0.1) is 30.2 Å². The second kappa shape index (κ2) is 4.81. The Labute approximate surface area is 111 Å². The van der Waals surface area contributed by atoms with Crippen molar-refractivity contribution in [1.29, 1.82) is 5.26 Å². The van der Waals surface area contributed by atoms with E-state index in [1.165, 1.54) is 13.1 Å². The van der Waals surface area contributed by atoms with Gasteiger partial charge >= 0.3 is 0 Å². The molecule has 1 aromatic carbocycles. The Hall–Kier alpha value is -1.62. The van der Waals surface area contributed by atoms with Crippen LogP contribution in [0.15, 0.2) is 18.2 Å². The molecule has 0 bridgehead atoms. The van der Waals surface area contributed by atoms with Crippen LogP contribution < -0.4 is 4.31 Å². The monoisotopic (exact) mass is 282 g/mol. The van der Waals surface area contributed by atoms with Crippen LogP contribution in [-0.2, 0) is 14.8 Å². The van der Waals surface area contributed by atoms with E-state index in [4.69, 9.17) is 10.00 Å². The predicted octanol–water partition coefficient (Wildman–Crippen LogP) is 0.386. The van der Waals surface area contributed by atoms with Crippen molar-refractivity contribution in [3.8, 4) is 6.07 Å². The Morgan fingerprint density at radius 2 is 2.21 bits per heavy atom. The van der Waals surface area contributed by atoms with Crippen molar-refractivity contribution in [1.82, 2.24) is 0 Å². The van der Waals surface area contributed by atoms with Crippen LogP contribution in [0.1, 0.15) is 17.2 Å². The van der Waals surface area contributed by atoms with Crippen molar-refractivity contribution in [3.63, 3.8) is 0 Å². The van der Waals surface area contributed by atoms with E-state index < -0.39 is 16.1 Å². The molecular formula is C12H14N2O4S. The fourth-order valence-electron chi connectivity index (χ4n) is 1.72. The molecule has 0 saturated carbocycles. The second-order valence-electron chi connectivity index (χ2n) is 4.43. The summed E-state index contributed by atoms with van der Waals surface area (Å²) < 4.78 is 29.0. The van der Waals surface area contributed by atoms with Crippen molar-refractivity contribution in [3.05, 3.63) is 29.3 Å². The van der Waals surface area contributed by atoms with Gasteiger partial charge in [-0.15, -0.1) is 0 Å². The highest BCUT2D eigenvalue weighted by Gasteiger charge is 2.33. The SMILES string of the molecule is CN(c1ccc(C(O)C2CO2)c(C#N)c1)S(C)(=O)=O. The lowest BCUT2D eigenvalue weighted by Crippen LogP contribution is -2.25. The van der Waals surface area contributed by atoms with Gasteiger partial charge in [0.15, 0.2) is 0 Å². The maximum atomic E-state index is 11.4. The van der Waals surface area contributed by atoms with E-state index in [9.17, 15) is 13.5 Å². The number of epoxide rings is 1. The highest BCUT2D eigenvalue weighted by Crippen LogP contribution is 2.31. The van der Waals surface area contributed by atoms with Gasteiger partial charge in [-0.05, 0) is 12.1 Å². The molecule has 7 heteroatoms. The molecule has 1 aliphatic rings. The summed E-state index contributed by atoms with van der Waals surface area (Å²) in [4.78, 5) is 0. The summed E-state index contributed by atoms with van der Waals surface area (Å²) in [5.74, 6) is 0. The Kier molecular flexibility index (Phi) is 3.49. The number of nitrogens with zero attached hydrogens (tertiary/aromatic N) is 2. The molecule has 6 nitrogen and oxygen atoms in total. The second-order valence-corrected chi connectivity index (χ2v) is 6.44. The zero-order chi connectivity index (χ0) is 14.2. The molecule has 0 aromatic heterocycles. The van der Waals surface area contributed by atoms with Crippen LogP contribution >= 0.6 is 0 Å². The highest BCUT2D eigenvalue weighted by atomic mass is 32.2.